The van der Waals surface area contributed by atoms with Gasteiger partial charge >= 0.3 is 11.9 Å². The van der Waals surface area contributed by atoms with E-state index in [4.69, 9.17) is 9.47 Å². The minimum absolute atomic E-state index is 0.0418. The summed E-state index contributed by atoms with van der Waals surface area (Å²) in [5, 5.41) is 8.11. The molecule has 22 nitrogen and oxygen atoms in total. The molecule has 0 aliphatic rings. The third-order valence-corrected chi connectivity index (χ3v) is 14.8. The number of methoxy groups -OCH3 is 1. The van der Waals surface area contributed by atoms with Crippen molar-refractivity contribution in [1.29, 1.82) is 0 Å². The lowest BCUT2D eigenvalue weighted by molar-refractivity contribution is -0.164. The molecule has 22 heteroatoms. The molecule has 0 radical (unpaired) electrons. The zero-order chi connectivity index (χ0) is 61.8. The highest BCUT2D eigenvalue weighted by Gasteiger charge is 2.46. The van der Waals surface area contributed by atoms with Crippen molar-refractivity contribution >= 4 is 65.1 Å². The zero-order valence-corrected chi connectivity index (χ0v) is 52.5. The number of carbonyl (C=O) groups excluding carboxylic acids is 11. The van der Waals surface area contributed by atoms with Gasteiger partial charge in [-0.15, -0.1) is 0 Å². The van der Waals surface area contributed by atoms with Gasteiger partial charge in [0.25, 0.3) is 0 Å². The van der Waals surface area contributed by atoms with E-state index in [1.165, 1.54) is 82.7 Å². The maximum Gasteiger partial charge on any atom is 0.325 e. The number of carbonyl (C=O) groups is 11. The van der Waals surface area contributed by atoms with Gasteiger partial charge in [0, 0.05) is 55.1 Å². The first-order valence-electron chi connectivity index (χ1n) is 28.1. The number of amides is 9. The molecule has 79 heavy (non-hydrogen) atoms. The Morgan fingerprint density at radius 2 is 0.873 bits per heavy atom. The molecule has 0 aliphatic carbocycles. The molecule has 0 spiro atoms. The van der Waals surface area contributed by atoms with Gasteiger partial charge in [-0.05, 0) is 81.5 Å². The Bertz CT molecular complexity index is 2080. The predicted molar refractivity (Wildman–Crippen MR) is 302 cm³/mol. The summed E-state index contributed by atoms with van der Waals surface area (Å²) < 4.78 is 10.5. The fraction of sp³-hybridized carbons (Fsp3) is 0.807. The van der Waals surface area contributed by atoms with Crippen molar-refractivity contribution in [3.05, 3.63) is 0 Å². The zero-order valence-electron chi connectivity index (χ0n) is 52.5. The second-order valence-electron chi connectivity index (χ2n) is 23.5. The Hall–Kier alpha value is -5.83. The van der Waals surface area contributed by atoms with Gasteiger partial charge in [0.05, 0.1) is 7.11 Å². The Morgan fingerprint density at radius 1 is 0.443 bits per heavy atom. The summed E-state index contributed by atoms with van der Waals surface area (Å²) in [6, 6.07) is -9.33. The van der Waals surface area contributed by atoms with Crippen LogP contribution < -0.4 is 16.0 Å². The molecule has 454 valence electrons. The number of hydrogen-bond acceptors (Lipinski definition) is 13. The van der Waals surface area contributed by atoms with Crippen molar-refractivity contribution in [2.24, 2.45) is 41.4 Å². The van der Waals surface area contributed by atoms with Gasteiger partial charge in [-0.25, -0.2) is 0 Å². The lowest BCUT2D eigenvalue weighted by Gasteiger charge is -2.42. The van der Waals surface area contributed by atoms with Crippen LogP contribution in [0.2, 0.25) is 0 Å². The SMILES string of the molecule is CC[C@H](NC(=O)[C@H]([C@H](OC(C)=O)[C@H](C)CC)N(C)C(=O)[C@H](C(C)C)N(C)C(=O)[C@H](CC(C)C)N(C)C(=O)[C@H](CC(C)C)N(C)C(=O)[C@@H](C)NC(=O)[C@H](C)NC(=O)[C@H](CC(C)C)N(C)C(=O)[C@@H](C)C(C)C)C(=O)N(C)CC(=O)OC. The molecule has 0 bridgehead atoms. The Kier molecular flexibility index (Phi) is 31.2. The summed E-state index contributed by atoms with van der Waals surface area (Å²) in [5.74, 6) is -8.32. The topological polar surface area (TPSA) is 262 Å². The highest BCUT2D eigenvalue weighted by atomic mass is 16.5. The first-order chi connectivity index (χ1) is 36.4. The molecule has 9 amide bonds. The van der Waals surface area contributed by atoms with Crippen LogP contribution in [0.3, 0.4) is 0 Å². The molecule has 0 unspecified atom stereocenters. The first-order valence-corrected chi connectivity index (χ1v) is 28.1. The number of ether oxygens (including phenoxy) is 2. The number of nitrogens with zero attached hydrogens (tertiary/aromatic N) is 6. The molecule has 0 saturated heterocycles. The number of likely N-dealkylation sites (N-methyl/N-ethyl adjacent to an activating group) is 6. The molecule has 0 fully saturated rings. The van der Waals surface area contributed by atoms with Crippen LogP contribution >= 0.6 is 0 Å². The summed E-state index contributed by atoms with van der Waals surface area (Å²) >= 11 is 0. The third kappa shape index (κ3) is 21.6. The largest absolute Gasteiger partial charge is 0.468 e. The molecule has 3 N–H and O–H groups in total. The van der Waals surface area contributed by atoms with Crippen molar-refractivity contribution in [3.8, 4) is 0 Å². The van der Waals surface area contributed by atoms with Crippen LogP contribution in [0.15, 0.2) is 0 Å². The van der Waals surface area contributed by atoms with E-state index < -0.39 is 125 Å². The van der Waals surface area contributed by atoms with E-state index in [1.807, 2.05) is 69.2 Å². The molecule has 0 heterocycles. The van der Waals surface area contributed by atoms with Crippen molar-refractivity contribution in [3.63, 3.8) is 0 Å². The van der Waals surface area contributed by atoms with Crippen LogP contribution in [-0.2, 0) is 62.2 Å². The molecular formula is C57H103N9O13. The monoisotopic (exact) mass is 1120 g/mol. The van der Waals surface area contributed by atoms with Crippen molar-refractivity contribution in [2.75, 3.05) is 55.9 Å². The predicted octanol–water partition coefficient (Wildman–Crippen LogP) is 3.72. The molecule has 0 saturated carbocycles. The van der Waals surface area contributed by atoms with Crippen LogP contribution in [-0.4, -0.2) is 205 Å². The van der Waals surface area contributed by atoms with E-state index in [-0.39, 0.29) is 61.3 Å². The van der Waals surface area contributed by atoms with Gasteiger partial charge in [0.2, 0.25) is 53.2 Å². The average Bonchev–Trinajstić information content (AvgIpc) is 3.36. The van der Waals surface area contributed by atoms with Crippen molar-refractivity contribution in [2.45, 2.75) is 204 Å². The minimum Gasteiger partial charge on any atom is -0.468 e. The van der Waals surface area contributed by atoms with E-state index in [9.17, 15) is 43.2 Å². The van der Waals surface area contributed by atoms with E-state index in [2.05, 4.69) is 16.0 Å². The van der Waals surface area contributed by atoms with E-state index >= 15 is 9.59 Å². The van der Waals surface area contributed by atoms with Crippen LogP contribution in [0.5, 0.6) is 0 Å². The number of esters is 2. The summed E-state index contributed by atoms with van der Waals surface area (Å²) in [5.41, 5.74) is 0. The molecule has 11 atom stereocenters. The van der Waals surface area contributed by atoms with E-state index in [1.54, 1.807) is 34.7 Å². The van der Waals surface area contributed by atoms with Gasteiger partial charge in [-0.2, -0.15) is 0 Å². The molecular weight excluding hydrogens is 1020 g/mol. The van der Waals surface area contributed by atoms with Gasteiger partial charge < -0.3 is 54.8 Å². The average molecular weight is 1120 g/mol. The fourth-order valence-corrected chi connectivity index (χ4v) is 9.29. The first kappa shape index (κ1) is 73.2. The van der Waals surface area contributed by atoms with Gasteiger partial charge in [-0.1, -0.05) is 96.9 Å². The van der Waals surface area contributed by atoms with Crippen molar-refractivity contribution < 1.29 is 62.2 Å². The van der Waals surface area contributed by atoms with Gasteiger partial charge in [0.1, 0.15) is 61.0 Å². The second kappa shape index (κ2) is 33.7. The highest BCUT2D eigenvalue weighted by Crippen LogP contribution is 2.26. The maximum absolute atomic E-state index is 15.1. The highest BCUT2D eigenvalue weighted by molar-refractivity contribution is 5.98. The van der Waals surface area contributed by atoms with Crippen LogP contribution in [0.4, 0.5) is 0 Å². The van der Waals surface area contributed by atoms with Crippen molar-refractivity contribution in [1.82, 2.24) is 45.3 Å². The normalized spacial score (nSPS) is 15.7. The Balaban J connectivity index is 7.09. The summed E-state index contributed by atoms with van der Waals surface area (Å²) in [6.45, 7) is 29.4. The van der Waals surface area contributed by atoms with Crippen LogP contribution in [0, 0.1) is 41.4 Å². The fourth-order valence-electron chi connectivity index (χ4n) is 9.29. The molecule has 0 rings (SSSR count). The lowest BCUT2D eigenvalue weighted by Crippen LogP contribution is -2.64. The van der Waals surface area contributed by atoms with E-state index in [0.29, 0.717) is 12.8 Å². The second-order valence-corrected chi connectivity index (χ2v) is 23.5. The number of hydrogen-bond donors (Lipinski definition) is 3. The summed E-state index contributed by atoms with van der Waals surface area (Å²) in [6.07, 6.45) is -0.0379. The molecule has 0 aliphatic heterocycles. The third-order valence-electron chi connectivity index (χ3n) is 14.8. The van der Waals surface area contributed by atoms with E-state index in [0.717, 1.165) is 9.80 Å². The Morgan fingerprint density at radius 3 is 1.29 bits per heavy atom. The summed E-state index contributed by atoms with van der Waals surface area (Å²) in [4.78, 5) is 160. The molecule has 0 aromatic carbocycles. The number of rotatable bonds is 32. The molecule has 0 aromatic rings. The maximum atomic E-state index is 15.1. The Labute approximate surface area is 472 Å². The van der Waals surface area contributed by atoms with Gasteiger partial charge in [-0.3, -0.25) is 52.7 Å². The quantitative estimate of drug-likeness (QED) is 0.0813. The van der Waals surface area contributed by atoms with Crippen LogP contribution in [0.25, 0.3) is 0 Å². The number of nitrogens with one attached hydrogen (secondary N) is 3. The standard InChI is InChI=1S/C57H103N9O13/c1-25-36(13)48(79-40(17)67)47(51(71)60-41(26-2)54(74)61(18)30-45(68)78-24)66(23)57(77)46(35(11)12)65(22)56(76)44(29-33(7)8)64(21)55(75)43(28-32(5)6)63(20)53(73)39(16)59-49(69)38(15)58-50(70)42(27-31(3)4)62(19)52(72)37(14)34(9)10/h31-39,41-44,46-48H,25-30H2,1-24H3,(H,58,70)(H,59,69)(H,60,71)/t36-,37+,38+,39-,41+,42+,43+,44+,46+,47+,48-/m1/s1. The van der Waals surface area contributed by atoms with Gasteiger partial charge in [0.15, 0.2) is 0 Å². The van der Waals surface area contributed by atoms with Crippen LogP contribution in [0.1, 0.15) is 150 Å². The smallest absolute Gasteiger partial charge is 0.325 e. The summed E-state index contributed by atoms with van der Waals surface area (Å²) in [7, 11) is 9.84. The minimum atomic E-state index is -1.51. The lowest BCUT2D eigenvalue weighted by atomic mass is 9.91. The molecule has 0 aromatic heterocycles.